The molecule has 3 saturated heterocycles. The number of aliphatic imine (C=N–C) groups is 1. The number of piperidine rings is 2. The smallest absolute Gasteiger partial charge is 0.405 e. The van der Waals surface area contributed by atoms with Crippen LogP contribution in [0.1, 0.15) is 38.5 Å². The number of hydrogen-bond acceptors (Lipinski definition) is 6. The van der Waals surface area contributed by atoms with Crippen LogP contribution in [0, 0.1) is 5.92 Å². The summed E-state index contributed by atoms with van der Waals surface area (Å²) in [5, 5.41) is 0. The minimum absolute atomic E-state index is 0.0465. The van der Waals surface area contributed by atoms with E-state index < -0.39 is 23.8 Å². The van der Waals surface area contributed by atoms with Crippen molar-refractivity contribution >= 4 is 18.2 Å². The second-order valence-electron chi connectivity index (χ2n) is 11.2. The molecule has 0 saturated carbocycles. The molecule has 0 aromatic rings. The standard InChI is InChI=1S/C29H38F3N7O2/c30-29(31,32)22-4-5-24-25(17-22)39(26-3-1-2-12-35-26)28(41)38(24)23-9-15-37(16-10-23)27(40)21-7-13-36(14-8-21)19-20(18-34)6-11-33/h3-6,11-12,17-18,21,23-25H,1-2,7-10,13-16,19,33-34H2/b11-6-,20-18+. The molecule has 0 aromatic carbocycles. The van der Waals surface area contributed by atoms with Gasteiger partial charge in [0, 0.05) is 37.8 Å². The highest BCUT2D eigenvalue weighted by molar-refractivity contribution is 5.83. The molecule has 0 bridgehead atoms. The van der Waals surface area contributed by atoms with Gasteiger partial charge in [-0.1, -0.05) is 12.2 Å². The molecule has 5 aliphatic rings. The fraction of sp³-hybridized carbons (Fsp3) is 0.552. The molecule has 12 heteroatoms. The predicted molar refractivity (Wildman–Crippen MR) is 150 cm³/mol. The van der Waals surface area contributed by atoms with E-state index in [1.165, 1.54) is 17.2 Å². The van der Waals surface area contributed by atoms with Crippen LogP contribution in [-0.2, 0) is 4.79 Å². The number of carbonyl (C=O) groups excluding carboxylic acids is 2. The Morgan fingerprint density at radius 2 is 1.78 bits per heavy atom. The van der Waals surface area contributed by atoms with E-state index in [2.05, 4.69) is 9.89 Å². The van der Waals surface area contributed by atoms with Gasteiger partial charge in [0.05, 0.1) is 17.7 Å². The Bertz CT molecular complexity index is 1190. The second kappa shape index (κ2) is 12.1. The number of fused-ring (bicyclic) bond motifs is 1. The first-order valence-corrected chi connectivity index (χ1v) is 14.3. The van der Waals surface area contributed by atoms with E-state index in [-0.39, 0.29) is 23.9 Å². The molecule has 9 nitrogen and oxygen atoms in total. The lowest BCUT2D eigenvalue weighted by Crippen LogP contribution is -2.52. The number of rotatable bonds is 6. The fourth-order valence-corrected chi connectivity index (χ4v) is 6.52. The summed E-state index contributed by atoms with van der Waals surface area (Å²) in [6.45, 7) is 3.31. The van der Waals surface area contributed by atoms with E-state index in [1.54, 1.807) is 23.4 Å². The van der Waals surface area contributed by atoms with Crippen LogP contribution in [0.15, 0.2) is 64.7 Å². The molecule has 1 aliphatic carbocycles. The van der Waals surface area contributed by atoms with E-state index in [1.807, 2.05) is 11.0 Å². The fourth-order valence-electron chi connectivity index (χ4n) is 6.52. The molecule has 41 heavy (non-hydrogen) atoms. The molecule has 0 radical (unpaired) electrons. The lowest BCUT2D eigenvalue weighted by Gasteiger charge is -2.40. The van der Waals surface area contributed by atoms with Gasteiger partial charge in [-0.2, -0.15) is 13.2 Å². The third-order valence-corrected chi connectivity index (χ3v) is 8.68. The summed E-state index contributed by atoms with van der Waals surface area (Å²) in [5.41, 5.74) is 11.3. The largest absolute Gasteiger partial charge is 0.416 e. The van der Waals surface area contributed by atoms with Gasteiger partial charge < -0.3 is 21.3 Å². The van der Waals surface area contributed by atoms with E-state index in [9.17, 15) is 22.8 Å². The lowest BCUT2D eigenvalue weighted by atomic mass is 9.92. The van der Waals surface area contributed by atoms with Crippen molar-refractivity contribution in [3.8, 4) is 0 Å². The van der Waals surface area contributed by atoms with Gasteiger partial charge in [-0.05, 0) is 87.8 Å². The van der Waals surface area contributed by atoms with Crippen molar-refractivity contribution in [1.29, 1.82) is 0 Å². The average molecular weight is 574 g/mol. The van der Waals surface area contributed by atoms with E-state index in [0.29, 0.717) is 44.7 Å². The number of hydrogen-bond donors (Lipinski definition) is 2. The van der Waals surface area contributed by atoms with E-state index >= 15 is 0 Å². The minimum atomic E-state index is -4.50. The average Bonchev–Trinajstić information content (AvgIpc) is 3.28. The van der Waals surface area contributed by atoms with Crippen LogP contribution < -0.4 is 11.5 Å². The number of urea groups is 1. The highest BCUT2D eigenvalue weighted by Crippen LogP contribution is 2.40. The van der Waals surface area contributed by atoms with Crippen LogP contribution in [0.4, 0.5) is 18.0 Å². The minimum Gasteiger partial charge on any atom is -0.405 e. The normalized spacial score (nSPS) is 27.0. The van der Waals surface area contributed by atoms with Crippen LogP contribution in [0.5, 0.6) is 0 Å². The SMILES string of the molecule is N/C=C\C(=C/N)CN1CCC(C(=O)N2CCC(N3C(=O)N(C4=CCCC=N4)C4C=C(C(F)(F)F)C=CC43)CC2)CC1. The Kier molecular flexibility index (Phi) is 8.58. The summed E-state index contributed by atoms with van der Waals surface area (Å²) in [5.74, 6) is 0.498. The Morgan fingerprint density at radius 1 is 1.05 bits per heavy atom. The Labute approximate surface area is 238 Å². The van der Waals surface area contributed by atoms with Gasteiger partial charge in [0.15, 0.2) is 0 Å². The Hall–Kier alpha value is -3.54. The first kappa shape index (κ1) is 29.0. The van der Waals surface area contributed by atoms with Gasteiger partial charge in [-0.3, -0.25) is 14.6 Å². The van der Waals surface area contributed by atoms with Gasteiger partial charge in [-0.25, -0.2) is 9.79 Å². The van der Waals surface area contributed by atoms with Crippen LogP contribution in [-0.4, -0.2) is 94.8 Å². The molecule has 2 atom stereocenters. The topological polar surface area (TPSA) is 111 Å². The quantitative estimate of drug-likeness (QED) is 0.474. The summed E-state index contributed by atoms with van der Waals surface area (Å²) in [6, 6.07) is -1.82. The maximum absolute atomic E-state index is 13.7. The molecule has 4 heterocycles. The number of amides is 3. The molecule has 4 aliphatic heterocycles. The molecule has 0 aromatic heterocycles. The number of carbonyl (C=O) groups is 2. The van der Waals surface area contributed by atoms with Crippen molar-refractivity contribution in [3.05, 3.63) is 59.7 Å². The van der Waals surface area contributed by atoms with Gasteiger partial charge >= 0.3 is 12.2 Å². The Balaban J connectivity index is 1.22. The second-order valence-corrected chi connectivity index (χ2v) is 11.2. The monoisotopic (exact) mass is 573 g/mol. The number of alkyl halides is 3. The molecular formula is C29H38F3N7O2. The highest BCUT2D eigenvalue weighted by Gasteiger charge is 2.51. The van der Waals surface area contributed by atoms with Gasteiger partial charge in [0.25, 0.3) is 0 Å². The lowest BCUT2D eigenvalue weighted by molar-refractivity contribution is -0.138. The van der Waals surface area contributed by atoms with Crippen LogP contribution >= 0.6 is 0 Å². The zero-order valence-electron chi connectivity index (χ0n) is 23.0. The zero-order chi connectivity index (χ0) is 29.1. The van der Waals surface area contributed by atoms with Crippen molar-refractivity contribution in [2.75, 3.05) is 32.7 Å². The van der Waals surface area contributed by atoms with Gasteiger partial charge in [0.1, 0.15) is 5.82 Å². The number of halogens is 3. The molecule has 3 fully saturated rings. The third kappa shape index (κ3) is 6.07. The third-order valence-electron chi connectivity index (χ3n) is 8.68. The van der Waals surface area contributed by atoms with Crippen molar-refractivity contribution in [1.82, 2.24) is 19.6 Å². The molecule has 5 rings (SSSR count). The molecule has 0 spiro atoms. The van der Waals surface area contributed by atoms with Gasteiger partial charge in [0.2, 0.25) is 5.91 Å². The molecular weight excluding hydrogens is 535 g/mol. The van der Waals surface area contributed by atoms with E-state index in [0.717, 1.165) is 50.1 Å². The number of allylic oxidation sites excluding steroid dienone is 3. The Morgan fingerprint density at radius 3 is 2.39 bits per heavy atom. The number of likely N-dealkylation sites (tertiary alicyclic amines) is 2. The summed E-state index contributed by atoms with van der Waals surface area (Å²) in [7, 11) is 0. The van der Waals surface area contributed by atoms with Crippen LogP contribution in [0.3, 0.4) is 0 Å². The summed E-state index contributed by atoms with van der Waals surface area (Å²) in [6.07, 6.45) is 11.6. The summed E-state index contributed by atoms with van der Waals surface area (Å²) in [4.78, 5) is 38.7. The maximum atomic E-state index is 13.7. The first-order chi connectivity index (χ1) is 19.7. The summed E-state index contributed by atoms with van der Waals surface area (Å²) >= 11 is 0. The van der Waals surface area contributed by atoms with Gasteiger partial charge in [-0.15, -0.1) is 0 Å². The van der Waals surface area contributed by atoms with Crippen molar-refractivity contribution < 1.29 is 22.8 Å². The van der Waals surface area contributed by atoms with Crippen LogP contribution in [0.2, 0.25) is 0 Å². The molecule has 222 valence electrons. The highest BCUT2D eigenvalue weighted by atomic mass is 19.4. The van der Waals surface area contributed by atoms with Crippen molar-refractivity contribution in [2.45, 2.75) is 62.8 Å². The molecule has 2 unspecified atom stereocenters. The zero-order valence-corrected chi connectivity index (χ0v) is 23.0. The van der Waals surface area contributed by atoms with E-state index in [4.69, 9.17) is 11.5 Å². The molecule has 3 amide bonds. The first-order valence-electron chi connectivity index (χ1n) is 14.3. The van der Waals surface area contributed by atoms with Crippen LogP contribution in [0.25, 0.3) is 0 Å². The molecule has 4 N–H and O–H groups in total. The maximum Gasteiger partial charge on any atom is 0.416 e. The predicted octanol–water partition coefficient (Wildman–Crippen LogP) is 3.24. The van der Waals surface area contributed by atoms with Crippen molar-refractivity contribution in [2.24, 2.45) is 22.4 Å². The van der Waals surface area contributed by atoms with Crippen molar-refractivity contribution in [3.63, 3.8) is 0 Å². The number of nitrogens with two attached hydrogens (primary N) is 2. The summed E-state index contributed by atoms with van der Waals surface area (Å²) < 4.78 is 40.7. The number of nitrogens with zero attached hydrogens (tertiary/aromatic N) is 5.